The second-order valence-electron chi connectivity index (χ2n) is 12.6. The van der Waals surface area contributed by atoms with E-state index >= 15 is 0 Å². The molecule has 0 radical (unpaired) electrons. The Kier molecular flexibility index (Phi) is 7.78. The van der Waals surface area contributed by atoms with Crippen molar-refractivity contribution in [1.82, 2.24) is 0 Å². The van der Waals surface area contributed by atoms with Gasteiger partial charge >= 0.3 is 0 Å². The number of anilines is 2. The van der Waals surface area contributed by atoms with Crippen molar-refractivity contribution in [2.24, 2.45) is 0 Å². The van der Waals surface area contributed by atoms with Crippen LogP contribution in [-0.4, -0.2) is 17.9 Å². The highest BCUT2D eigenvalue weighted by Gasteiger charge is 2.40. The van der Waals surface area contributed by atoms with Crippen molar-refractivity contribution in [2.45, 2.75) is 31.8 Å². The lowest BCUT2D eigenvalue weighted by Gasteiger charge is -2.44. The van der Waals surface area contributed by atoms with Gasteiger partial charge in [0.15, 0.2) is 0 Å². The molecular weight excluding hydrogens is 656 g/mol. The largest absolute Gasteiger partial charge is 0.305 e. The first kappa shape index (κ1) is 30.1. The minimum Gasteiger partial charge on any atom is -0.305 e. The number of hydrogen-bond acceptors (Lipinski definition) is 2. The summed E-state index contributed by atoms with van der Waals surface area (Å²) in [5.74, 6) is -0.0841. The van der Waals surface area contributed by atoms with Crippen LogP contribution in [0.1, 0.15) is 40.9 Å². The molecule has 2 amide bonds. The fourth-order valence-electron chi connectivity index (χ4n) is 7.56. The summed E-state index contributed by atoms with van der Waals surface area (Å²) in [6.07, 6.45) is 1.22. The predicted octanol–water partition coefficient (Wildman–Crippen LogP) is 10.7. The molecule has 7 aromatic carbocycles. The summed E-state index contributed by atoms with van der Waals surface area (Å²) < 4.78 is 0.905. The van der Waals surface area contributed by atoms with Crippen molar-refractivity contribution in [2.75, 3.05) is 9.80 Å². The minimum absolute atomic E-state index is 0.0381. The Hall–Kier alpha value is -5.26. The molecule has 0 spiro atoms. The second-order valence-corrected chi connectivity index (χ2v) is 13.5. The van der Waals surface area contributed by atoms with Crippen LogP contribution in [0.3, 0.4) is 0 Å². The van der Waals surface area contributed by atoms with E-state index in [1.165, 1.54) is 32.3 Å². The molecule has 7 aromatic rings. The molecule has 4 nitrogen and oxygen atoms in total. The molecule has 48 heavy (non-hydrogen) atoms. The topological polar surface area (TPSA) is 40.6 Å². The van der Waals surface area contributed by atoms with E-state index in [0.717, 1.165) is 27.0 Å². The van der Waals surface area contributed by atoms with Crippen LogP contribution in [0.15, 0.2) is 150 Å². The van der Waals surface area contributed by atoms with Crippen molar-refractivity contribution in [1.29, 1.82) is 0 Å². The van der Waals surface area contributed by atoms with Gasteiger partial charge < -0.3 is 9.80 Å². The van der Waals surface area contributed by atoms with Crippen LogP contribution in [-0.2, 0) is 11.2 Å². The van der Waals surface area contributed by atoms with Gasteiger partial charge in [0, 0.05) is 34.4 Å². The molecule has 2 unspecified atom stereocenters. The van der Waals surface area contributed by atoms with Crippen molar-refractivity contribution in [3.63, 3.8) is 0 Å². The number of halogens is 1. The highest BCUT2D eigenvalue weighted by atomic mass is 79.9. The lowest BCUT2D eigenvalue weighted by molar-refractivity contribution is -0.117. The molecule has 1 aliphatic rings. The van der Waals surface area contributed by atoms with Gasteiger partial charge in [-0.2, -0.15) is 0 Å². The lowest BCUT2D eigenvalue weighted by Crippen LogP contribution is -2.49. The van der Waals surface area contributed by atoms with E-state index < -0.39 is 0 Å². The first-order chi connectivity index (χ1) is 23.5. The second kappa shape index (κ2) is 12.4. The maximum absolute atomic E-state index is 14.4. The Labute approximate surface area is 288 Å². The summed E-state index contributed by atoms with van der Waals surface area (Å²) in [4.78, 5) is 31.7. The molecule has 234 valence electrons. The zero-order valence-corrected chi connectivity index (χ0v) is 28.1. The number of rotatable bonds is 5. The Morgan fingerprint density at radius 2 is 1.33 bits per heavy atom. The summed E-state index contributed by atoms with van der Waals surface area (Å²) in [5, 5.41) is 7.35. The summed E-state index contributed by atoms with van der Waals surface area (Å²) >= 11 is 3.68. The summed E-state index contributed by atoms with van der Waals surface area (Å²) in [6.45, 7) is 1.62. The molecule has 0 saturated heterocycles. The van der Waals surface area contributed by atoms with Crippen LogP contribution in [0.5, 0.6) is 0 Å². The Bertz CT molecular complexity index is 2340. The zero-order valence-electron chi connectivity index (χ0n) is 26.5. The molecule has 5 heteroatoms. The molecule has 8 rings (SSSR count). The monoisotopic (exact) mass is 688 g/mol. The van der Waals surface area contributed by atoms with Crippen molar-refractivity contribution >= 4 is 71.4 Å². The van der Waals surface area contributed by atoms with Crippen molar-refractivity contribution < 1.29 is 9.59 Å². The first-order valence-electron chi connectivity index (χ1n) is 16.3. The Morgan fingerprint density at radius 3 is 2.08 bits per heavy atom. The fraction of sp³-hybridized carbons (Fsp3) is 0.116. The smallest absolute Gasteiger partial charge is 0.258 e. The van der Waals surface area contributed by atoms with E-state index in [1.807, 2.05) is 82.6 Å². The van der Waals surface area contributed by atoms with Crippen molar-refractivity contribution in [3.8, 4) is 0 Å². The Morgan fingerprint density at radius 1 is 0.688 bits per heavy atom. The van der Waals surface area contributed by atoms with Gasteiger partial charge in [-0.3, -0.25) is 9.59 Å². The minimum atomic E-state index is -0.264. The van der Waals surface area contributed by atoms with Crippen LogP contribution in [0.25, 0.3) is 32.3 Å². The first-order valence-corrected chi connectivity index (χ1v) is 17.1. The standard InChI is InChI=1S/C43H33BrN2O2/c1-28(47)45(34-13-6-3-7-14-34)42-27-35(46(41-23-19-33(44)26-40(41)42)43(48)31-11-4-2-5-12-31)25-29-16-20-37-32(24-29)18-22-38-36-15-9-8-10-30(36)17-21-39(37)38/h2-24,26,35,42H,25,27H2,1H3. The van der Waals surface area contributed by atoms with Crippen LogP contribution in [0, 0.1) is 0 Å². The highest BCUT2D eigenvalue weighted by molar-refractivity contribution is 9.10. The van der Waals surface area contributed by atoms with E-state index in [4.69, 9.17) is 0 Å². The van der Waals surface area contributed by atoms with E-state index in [9.17, 15) is 9.59 Å². The summed E-state index contributed by atoms with van der Waals surface area (Å²) in [7, 11) is 0. The molecule has 0 bridgehead atoms. The van der Waals surface area contributed by atoms with Crippen molar-refractivity contribution in [3.05, 3.63) is 167 Å². The van der Waals surface area contributed by atoms with E-state index in [2.05, 4.69) is 88.7 Å². The molecule has 1 heterocycles. The molecule has 0 fully saturated rings. The molecular formula is C43H33BrN2O2. The van der Waals surface area contributed by atoms with E-state index in [-0.39, 0.29) is 23.9 Å². The van der Waals surface area contributed by atoms with Gasteiger partial charge in [0.25, 0.3) is 5.91 Å². The molecule has 0 aliphatic carbocycles. The SMILES string of the molecule is CC(=O)N(c1ccccc1)C1CC(Cc2ccc3c(ccc4c5ccccc5ccc34)c2)N(C(=O)c2ccccc2)c2ccc(Br)cc21. The highest BCUT2D eigenvalue weighted by Crippen LogP contribution is 2.45. The quantitative estimate of drug-likeness (QED) is 0.169. The summed E-state index contributed by atoms with van der Waals surface area (Å²) in [5.41, 5.74) is 4.40. The Balaban J connectivity index is 1.25. The number of carbonyl (C=O) groups is 2. The third kappa shape index (κ3) is 5.34. The molecule has 0 N–H and O–H groups in total. The number of benzene rings is 7. The number of hydrogen-bond donors (Lipinski definition) is 0. The maximum Gasteiger partial charge on any atom is 0.258 e. The van der Waals surface area contributed by atoms with Gasteiger partial charge in [-0.05, 0) is 98.8 Å². The van der Waals surface area contributed by atoms with Gasteiger partial charge in [-0.15, -0.1) is 0 Å². The maximum atomic E-state index is 14.4. The predicted molar refractivity (Wildman–Crippen MR) is 201 cm³/mol. The number of fused-ring (bicyclic) bond motifs is 6. The number of carbonyl (C=O) groups excluding carboxylic acids is 2. The fourth-order valence-corrected chi connectivity index (χ4v) is 7.94. The van der Waals surface area contributed by atoms with Gasteiger partial charge in [-0.1, -0.05) is 119 Å². The van der Waals surface area contributed by atoms with Crippen LogP contribution in [0.2, 0.25) is 0 Å². The normalized spacial score (nSPS) is 15.8. The lowest BCUT2D eigenvalue weighted by atomic mass is 9.85. The molecule has 0 aromatic heterocycles. The average Bonchev–Trinajstić information content (AvgIpc) is 3.12. The van der Waals surface area contributed by atoms with Gasteiger partial charge in [-0.25, -0.2) is 0 Å². The van der Waals surface area contributed by atoms with E-state index in [0.29, 0.717) is 18.4 Å². The number of para-hydroxylation sites is 1. The van der Waals surface area contributed by atoms with Gasteiger partial charge in [0.2, 0.25) is 5.91 Å². The van der Waals surface area contributed by atoms with Crippen LogP contribution >= 0.6 is 15.9 Å². The molecule has 1 aliphatic heterocycles. The third-order valence-corrected chi connectivity index (χ3v) is 10.2. The third-order valence-electron chi connectivity index (χ3n) is 9.67. The van der Waals surface area contributed by atoms with Crippen LogP contribution < -0.4 is 9.80 Å². The molecule has 2 atom stereocenters. The van der Waals surface area contributed by atoms with E-state index in [1.54, 1.807) is 6.92 Å². The van der Waals surface area contributed by atoms with Gasteiger partial charge in [0.1, 0.15) is 0 Å². The van der Waals surface area contributed by atoms with Crippen LogP contribution in [0.4, 0.5) is 11.4 Å². The average molecular weight is 690 g/mol. The summed E-state index contributed by atoms with van der Waals surface area (Å²) in [6, 6.07) is 49.0. The number of amides is 2. The number of nitrogens with zero attached hydrogens (tertiary/aromatic N) is 2. The van der Waals surface area contributed by atoms with Gasteiger partial charge in [0.05, 0.1) is 6.04 Å². The molecule has 0 saturated carbocycles. The zero-order chi connectivity index (χ0) is 32.8.